The van der Waals surface area contributed by atoms with Crippen LogP contribution in [-0.2, 0) is 7.05 Å². The molecule has 0 saturated heterocycles. The van der Waals surface area contributed by atoms with Crippen LogP contribution in [0.5, 0.6) is 0 Å². The fraction of sp³-hybridized carbons (Fsp3) is 0.188. The molecule has 0 bridgehead atoms. The number of rotatable bonds is 4. The number of benzene rings is 1. The van der Waals surface area contributed by atoms with Gasteiger partial charge in [-0.3, -0.25) is 4.68 Å². The van der Waals surface area contributed by atoms with Gasteiger partial charge in [0.05, 0.1) is 23.8 Å². The SMILES string of the molecule is CN(C)/C=N/c1c(-c2nc(-c3ccc(Cl)cc3)cs2)cnn1C. The maximum absolute atomic E-state index is 5.94. The van der Waals surface area contributed by atoms with Gasteiger partial charge in [0.1, 0.15) is 5.01 Å². The minimum absolute atomic E-state index is 0.719. The zero-order valence-electron chi connectivity index (χ0n) is 13.1. The van der Waals surface area contributed by atoms with E-state index in [4.69, 9.17) is 16.6 Å². The molecule has 7 heteroatoms. The van der Waals surface area contributed by atoms with Crippen LogP contribution >= 0.6 is 22.9 Å². The molecule has 3 rings (SSSR count). The fourth-order valence-electron chi connectivity index (χ4n) is 2.06. The molecule has 0 aliphatic carbocycles. The van der Waals surface area contributed by atoms with Crippen molar-refractivity contribution in [3.05, 3.63) is 40.9 Å². The molecule has 0 atom stereocenters. The van der Waals surface area contributed by atoms with Gasteiger partial charge in [-0.05, 0) is 12.1 Å². The van der Waals surface area contributed by atoms with Gasteiger partial charge in [0.2, 0.25) is 0 Å². The van der Waals surface area contributed by atoms with Crippen molar-refractivity contribution < 1.29 is 0 Å². The Hall–Kier alpha value is -2.18. The Morgan fingerprint density at radius 3 is 2.70 bits per heavy atom. The summed E-state index contributed by atoms with van der Waals surface area (Å²) in [7, 11) is 5.74. The third-order valence-corrected chi connectivity index (χ3v) is 4.32. The Kier molecular flexibility index (Phi) is 4.45. The van der Waals surface area contributed by atoms with E-state index in [2.05, 4.69) is 10.1 Å². The molecule has 0 N–H and O–H groups in total. The maximum Gasteiger partial charge on any atom is 0.162 e. The highest BCUT2D eigenvalue weighted by atomic mass is 35.5. The smallest absolute Gasteiger partial charge is 0.162 e. The average molecular weight is 346 g/mol. The van der Waals surface area contributed by atoms with Crippen molar-refractivity contribution in [2.75, 3.05) is 14.1 Å². The Labute approximate surface area is 143 Å². The van der Waals surface area contributed by atoms with Crippen LogP contribution in [0.1, 0.15) is 0 Å². The summed E-state index contributed by atoms with van der Waals surface area (Å²) >= 11 is 7.51. The monoisotopic (exact) mass is 345 g/mol. The van der Waals surface area contributed by atoms with Crippen LogP contribution in [0.25, 0.3) is 21.8 Å². The second kappa shape index (κ2) is 6.52. The average Bonchev–Trinajstić information content (AvgIpc) is 3.12. The maximum atomic E-state index is 5.94. The van der Waals surface area contributed by atoms with Gasteiger partial charge in [-0.2, -0.15) is 5.10 Å². The zero-order valence-corrected chi connectivity index (χ0v) is 14.6. The van der Waals surface area contributed by atoms with E-state index in [1.54, 1.807) is 28.6 Å². The first-order chi connectivity index (χ1) is 11.0. The van der Waals surface area contributed by atoms with Crippen LogP contribution in [0.3, 0.4) is 0 Å². The molecule has 0 aliphatic rings. The predicted molar refractivity (Wildman–Crippen MR) is 96.6 cm³/mol. The summed E-state index contributed by atoms with van der Waals surface area (Å²) in [6.45, 7) is 0. The van der Waals surface area contributed by atoms with Gasteiger partial charge < -0.3 is 4.90 Å². The third kappa shape index (κ3) is 3.43. The molecule has 0 spiro atoms. The van der Waals surface area contributed by atoms with Crippen molar-refractivity contribution in [2.45, 2.75) is 0 Å². The first kappa shape index (κ1) is 15.7. The number of aryl methyl sites for hydroxylation is 1. The summed E-state index contributed by atoms with van der Waals surface area (Å²) in [6.07, 6.45) is 3.56. The van der Waals surface area contributed by atoms with Gasteiger partial charge in [-0.1, -0.05) is 23.7 Å². The largest absolute Gasteiger partial charge is 0.369 e. The highest BCUT2D eigenvalue weighted by molar-refractivity contribution is 7.13. The minimum Gasteiger partial charge on any atom is -0.369 e. The van der Waals surface area contributed by atoms with E-state index < -0.39 is 0 Å². The number of thiazole rings is 1. The van der Waals surface area contributed by atoms with Crippen molar-refractivity contribution in [1.82, 2.24) is 19.7 Å². The molecule has 0 aliphatic heterocycles. The van der Waals surface area contributed by atoms with Crippen LogP contribution in [0.4, 0.5) is 5.82 Å². The molecule has 0 fully saturated rings. The highest BCUT2D eigenvalue weighted by Gasteiger charge is 2.14. The second-order valence-electron chi connectivity index (χ2n) is 5.26. The van der Waals surface area contributed by atoms with Crippen LogP contribution in [0.2, 0.25) is 5.02 Å². The van der Waals surface area contributed by atoms with E-state index in [9.17, 15) is 0 Å². The molecular formula is C16H16ClN5S. The van der Waals surface area contributed by atoms with Gasteiger partial charge >= 0.3 is 0 Å². The molecular weight excluding hydrogens is 330 g/mol. The second-order valence-corrected chi connectivity index (χ2v) is 6.55. The molecule has 0 unspecified atom stereocenters. The molecule has 3 aromatic rings. The normalized spacial score (nSPS) is 11.3. The van der Waals surface area contributed by atoms with E-state index in [-0.39, 0.29) is 0 Å². The quantitative estimate of drug-likeness (QED) is 0.528. The molecule has 5 nitrogen and oxygen atoms in total. The van der Waals surface area contributed by atoms with Crippen LogP contribution in [0.15, 0.2) is 40.8 Å². The lowest BCUT2D eigenvalue weighted by atomic mass is 10.2. The Balaban J connectivity index is 1.96. The standard InChI is InChI=1S/C16H16ClN5S/c1-21(2)10-18-15-13(8-19-22(15)3)16-20-14(9-23-16)11-4-6-12(17)7-5-11/h4-10H,1-3H3/b18-10+. The lowest BCUT2D eigenvalue weighted by molar-refractivity contribution is 0.641. The number of hydrogen-bond acceptors (Lipinski definition) is 4. The van der Waals surface area contributed by atoms with Gasteiger partial charge in [0.25, 0.3) is 0 Å². The number of halogens is 1. The van der Waals surface area contributed by atoms with Crippen molar-refractivity contribution >= 4 is 35.1 Å². The number of hydrogen-bond donors (Lipinski definition) is 0. The number of aliphatic imine (C=N–C) groups is 1. The molecule has 118 valence electrons. The van der Waals surface area contributed by atoms with Crippen molar-refractivity contribution in [2.24, 2.45) is 12.0 Å². The lowest BCUT2D eigenvalue weighted by Crippen LogP contribution is -2.07. The summed E-state index contributed by atoms with van der Waals surface area (Å²) in [4.78, 5) is 11.1. The molecule has 0 amide bonds. The first-order valence-electron chi connectivity index (χ1n) is 6.99. The van der Waals surface area contributed by atoms with Crippen LogP contribution in [0, 0.1) is 0 Å². The van der Waals surface area contributed by atoms with Crippen LogP contribution in [-0.4, -0.2) is 40.1 Å². The first-order valence-corrected chi connectivity index (χ1v) is 8.25. The van der Waals surface area contributed by atoms with Crippen LogP contribution < -0.4 is 0 Å². The van der Waals surface area contributed by atoms with Gasteiger partial charge in [0.15, 0.2) is 5.82 Å². The van der Waals surface area contributed by atoms with Crippen molar-refractivity contribution in [3.8, 4) is 21.8 Å². The van der Waals surface area contributed by atoms with Crippen molar-refractivity contribution in [1.29, 1.82) is 0 Å². The highest BCUT2D eigenvalue weighted by Crippen LogP contribution is 2.34. The number of aromatic nitrogens is 3. The van der Waals surface area contributed by atoms with Gasteiger partial charge in [0, 0.05) is 37.1 Å². The van der Waals surface area contributed by atoms with E-state index in [0.717, 1.165) is 32.7 Å². The Morgan fingerprint density at radius 2 is 2.00 bits per heavy atom. The topological polar surface area (TPSA) is 46.3 Å². The fourth-order valence-corrected chi connectivity index (χ4v) is 3.02. The molecule has 0 radical (unpaired) electrons. The molecule has 1 aromatic carbocycles. The van der Waals surface area contributed by atoms with E-state index in [1.165, 1.54) is 0 Å². The van der Waals surface area contributed by atoms with Gasteiger partial charge in [-0.15, -0.1) is 11.3 Å². The van der Waals surface area contributed by atoms with E-state index in [1.807, 2.05) is 55.7 Å². The van der Waals surface area contributed by atoms with E-state index >= 15 is 0 Å². The number of nitrogens with zero attached hydrogens (tertiary/aromatic N) is 5. The Bertz CT molecular complexity index is 833. The molecule has 0 saturated carbocycles. The minimum atomic E-state index is 0.719. The molecule has 2 heterocycles. The summed E-state index contributed by atoms with van der Waals surface area (Å²) in [5, 5.41) is 7.95. The summed E-state index contributed by atoms with van der Waals surface area (Å²) in [5.41, 5.74) is 2.89. The Morgan fingerprint density at radius 1 is 1.26 bits per heavy atom. The third-order valence-electron chi connectivity index (χ3n) is 3.19. The summed E-state index contributed by atoms with van der Waals surface area (Å²) < 4.78 is 1.75. The van der Waals surface area contributed by atoms with Crippen molar-refractivity contribution in [3.63, 3.8) is 0 Å². The summed E-state index contributed by atoms with van der Waals surface area (Å²) in [5.74, 6) is 0.788. The predicted octanol–water partition coefficient (Wildman–Crippen LogP) is 4.09. The molecule has 23 heavy (non-hydrogen) atoms. The summed E-state index contributed by atoms with van der Waals surface area (Å²) in [6, 6.07) is 7.67. The van der Waals surface area contributed by atoms with E-state index in [0.29, 0.717) is 0 Å². The zero-order chi connectivity index (χ0) is 16.4. The van der Waals surface area contributed by atoms with Gasteiger partial charge in [-0.25, -0.2) is 9.98 Å². The molecule has 2 aromatic heterocycles. The lowest BCUT2D eigenvalue weighted by Gasteiger charge is -2.03.